The van der Waals surface area contributed by atoms with Crippen LogP contribution in [-0.4, -0.2) is 47.2 Å². The quantitative estimate of drug-likeness (QED) is 0.804. The third kappa shape index (κ3) is 2.00. The zero-order valence-electron chi connectivity index (χ0n) is 15.3. The summed E-state index contributed by atoms with van der Waals surface area (Å²) in [6.07, 6.45) is 2.29. The molecule has 2 fully saturated rings. The number of pyridine rings is 2. The van der Waals surface area contributed by atoms with Gasteiger partial charge in [-0.25, -0.2) is 9.97 Å². The summed E-state index contributed by atoms with van der Waals surface area (Å²) in [7, 11) is 0. The monoisotopic (exact) mass is 353 g/mol. The summed E-state index contributed by atoms with van der Waals surface area (Å²) in [5.74, 6) is 0.928. The highest BCUT2D eigenvalue weighted by Gasteiger charge is 2.43. The number of carbonyl (C=O) groups is 1. The third-order valence-corrected chi connectivity index (χ3v) is 6.28. The Labute approximate surface area is 151 Å². The lowest BCUT2D eigenvalue weighted by atomic mass is 9.98. The maximum atomic E-state index is 12.1. The van der Waals surface area contributed by atoms with Gasteiger partial charge in [0.05, 0.1) is 11.4 Å². The molecule has 7 nitrogen and oxygen atoms in total. The van der Waals surface area contributed by atoms with Crippen molar-refractivity contribution in [2.75, 3.05) is 18.1 Å². The summed E-state index contributed by atoms with van der Waals surface area (Å²) in [5.41, 5.74) is 8.77. The van der Waals surface area contributed by atoms with E-state index in [0.29, 0.717) is 30.3 Å². The van der Waals surface area contributed by atoms with E-state index in [1.807, 2.05) is 20.8 Å². The number of aryl methyl sites for hydroxylation is 3. The second-order valence-electron chi connectivity index (χ2n) is 7.73. The van der Waals surface area contributed by atoms with Crippen molar-refractivity contribution >= 4 is 22.5 Å². The van der Waals surface area contributed by atoms with Gasteiger partial charge in [-0.15, -0.1) is 0 Å². The second-order valence-corrected chi connectivity index (χ2v) is 7.73. The summed E-state index contributed by atoms with van der Waals surface area (Å²) < 4.78 is 6.18. The SMILES string of the molecule is Cc1nc2c3c(nc(C(N)=O)c(C)c3c1C)N1CC3CCC(N3)C1CO2. The summed E-state index contributed by atoms with van der Waals surface area (Å²) in [6.45, 7) is 7.34. The molecule has 0 aliphatic carbocycles. The van der Waals surface area contributed by atoms with Gasteiger partial charge in [0, 0.05) is 29.7 Å². The molecule has 26 heavy (non-hydrogen) atoms. The van der Waals surface area contributed by atoms with E-state index in [-0.39, 0.29) is 6.04 Å². The fourth-order valence-electron chi connectivity index (χ4n) is 4.86. The van der Waals surface area contributed by atoms with E-state index in [1.165, 1.54) is 0 Å². The van der Waals surface area contributed by atoms with Crippen molar-refractivity contribution in [3.63, 3.8) is 0 Å². The minimum atomic E-state index is -0.490. The standard InChI is InChI=1S/C19H23N5O2/c1-8-10(3)21-19-15-14(8)9(2)16(17(20)25)23-18(15)24-6-11-4-5-12(22-11)13(24)7-26-19/h11-13,22H,4-7H2,1-3H3,(H2,20,25). The predicted octanol–water partition coefficient (Wildman–Crippen LogP) is 1.36. The van der Waals surface area contributed by atoms with Gasteiger partial charge >= 0.3 is 0 Å². The average molecular weight is 353 g/mol. The molecule has 5 rings (SSSR count). The van der Waals surface area contributed by atoms with Gasteiger partial charge in [0.2, 0.25) is 5.88 Å². The van der Waals surface area contributed by atoms with Crippen molar-refractivity contribution < 1.29 is 9.53 Å². The Morgan fingerprint density at radius 1 is 1.19 bits per heavy atom. The zero-order chi connectivity index (χ0) is 18.2. The van der Waals surface area contributed by atoms with Gasteiger partial charge in [0.15, 0.2) is 0 Å². The van der Waals surface area contributed by atoms with Crippen LogP contribution in [0.2, 0.25) is 0 Å². The van der Waals surface area contributed by atoms with E-state index in [4.69, 9.17) is 20.4 Å². The summed E-state index contributed by atoms with van der Waals surface area (Å²) in [5, 5.41) is 5.60. The van der Waals surface area contributed by atoms with E-state index in [9.17, 15) is 4.79 Å². The van der Waals surface area contributed by atoms with Gasteiger partial charge in [-0.2, -0.15) is 0 Å². The van der Waals surface area contributed by atoms with Crippen LogP contribution in [0.25, 0.3) is 10.8 Å². The van der Waals surface area contributed by atoms with Gasteiger partial charge in [0.25, 0.3) is 5.91 Å². The first kappa shape index (κ1) is 15.8. The number of hydrogen-bond donors (Lipinski definition) is 2. The van der Waals surface area contributed by atoms with Crippen LogP contribution < -0.4 is 20.7 Å². The number of hydrogen-bond acceptors (Lipinski definition) is 6. The average Bonchev–Trinajstić information content (AvgIpc) is 2.92. The van der Waals surface area contributed by atoms with E-state index in [1.54, 1.807) is 0 Å². The van der Waals surface area contributed by atoms with Crippen molar-refractivity contribution in [1.82, 2.24) is 15.3 Å². The topological polar surface area (TPSA) is 93.4 Å². The first-order valence-electron chi connectivity index (χ1n) is 9.22. The molecule has 2 aromatic rings. The van der Waals surface area contributed by atoms with Crippen LogP contribution in [0.3, 0.4) is 0 Å². The number of rotatable bonds is 1. The molecule has 2 aromatic heterocycles. The van der Waals surface area contributed by atoms with Crippen molar-refractivity contribution in [1.29, 1.82) is 0 Å². The Hall–Kier alpha value is -2.41. The number of anilines is 1. The molecule has 3 aliphatic rings. The van der Waals surface area contributed by atoms with Crippen LogP contribution in [0, 0.1) is 20.8 Å². The number of ether oxygens (including phenoxy) is 1. The number of nitrogens with one attached hydrogen (secondary N) is 1. The summed E-state index contributed by atoms with van der Waals surface area (Å²) >= 11 is 0. The molecule has 3 unspecified atom stereocenters. The van der Waals surface area contributed by atoms with Gasteiger partial charge in [-0.1, -0.05) is 0 Å². The Morgan fingerprint density at radius 2 is 2.00 bits per heavy atom. The molecule has 1 amide bonds. The van der Waals surface area contributed by atoms with E-state index < -0.39 is 5.91 Å². The maximum Gasteiger partial charge on any atom is 0.267 e. The lowest BCUT2D eigenvalue weighted by Gasteiger charge is -2.40. The highest BCUT2D eigenvalue weighted by Crippen LogP contribution is 2.42. The highest BCUT2D eigenvalue weighted by atomic mass is 16.5. The molecule has 136 valence electrons. The number of nitrogens with two attached hydrogens (primary N) is 1. The lowest BCUT2D eigenvalue weighted by Crippen LogP contribution is -2.60. The van der Waals surface area contributed by atoms with Gasteiger partial charge in [-0.3, -0.25) is 4.79 Å². The smallest absolute Gasteiger partial charge is 0.267 e. The maximum absolute atomic E-state index is 12.1. The van der Waals surface area contributed by atoms with E-state index >= 15 is 0 Å². The number of primary amides is 1. The van der Waals surface area contributed by atoms with Crippen LogP contribution in [0.1, 0.15) is 40.2 Å². The minimum Gasteiger partial charge on any atom is -0.475 e. The zero-order valence-corrected chi connectivity index (χ0v) is 15.3. The summed E-state index contributed by atoms with van der Waals surface area (Å²) in [4.78, 5) is 23.9. The Morgan fingerprint density at radius 3 is 2.77 bits per heavy atom. The third-order valence-electron chi connectivity index (χ3n) is 6.28. The first-order chi connectivity index (χ1) is 12.5. The normalized spacial score (nSPS) is 26.4. The molecular weight excluding hydrogens is 330 g/mol. The fraction of sp³-hybridized carbons (Fsp3) is 0.526. The molecule has 5 heterocycles. The fourth-order valence-corrected chi connectivity index (χ4v) is 4.86. The van der Waals surface area contributed by atoms with Crippen molar-refractivity contribution in [2.45, 2.75) is 51.7 Å². The molecular formula is C19H23N5O2. The van der Waals surface area contributed by atoms with Crippen LogP contribution in [0.4, 0.5) is 5.82 Å². The number of carbonyl (C=O) groups excluding carboxylic acids is 1. The molecule has 0 saturated carbocycles. The van der Waals surface area contributed by atoms with Crippen molar-refractivity contribution in [2.24, 2.45) is 5.73 Å². The number of amides is 1. The molecule has 0 radical (unpaired) electrons. The first-order valence-corrected chi connectivity index (χ1v) is 9.22. The number of piperazine rings is 1. The van der Waals surface area contributed by atoms with Crippen LogP contribution in [0.15, 0.2) is 0 Å². The number of nitrogens with zero attached hydrogens (tertiary/aromatic N) is 3. The van der Waals surface area contributed by atoms with Crippen LogP contribution in [-0.2, 0) is 0 Å². The van der Waals surface area contributed by atoms with E-state index in [0.717, 1.165) is 52.8 Å². The molecule has 7 heteroatoms. The summed E-state index contributed by atoms with van der Waals surface area (Å²) in [6, 6.07) is 1.01. The Bertz CT molecular complexity index is 957. The van der Waals surface area contributed by atoms with Gasteiger partial charge in [-0.05, 0) is 44.7 Å². The largest absolute Gasteiger partial charge is 0.475 e. The van der Waals surface area contributed by atoms with Crippen LogP contribution in [0.5, 0.6) is 5.88 Å². The molecule has 0 spiro atoms. The molecule has 3 atom stereocenters. The lowest BCUT2D eigenvalue weighted by molar-refractivity contribution is 0.0995. The molecule has 3 N–H and O–H groups in total. The second kappa shape index (κ2) is 5.30. The van der Waals surface area contributed by atoms with E-state index in [2.05, 4.69) is 10.2 Å². The molecule has 3 aliphatic heterocycles. The van der Waals surface area contributed by atoms with Gasteiger partial charge in [0.1, 0.15) is 18.1 Å². The van der Waals surface area contributed by atoms with Crippen molar-refractivity contribution in [3.8, 4) is 5.88 Å². The Balaban J connectivity index is 1.86. The number of aromatic nitrogens is 2. The Kier molecular flexibility index (Phi) is 3.22. The highest BCUT2D eigenvalue weighted by molar-refractivity contribution is 6.06. The predicted molar refractivity (Wildman–Crippen MR) is 98.8 cm³/mol. The molecule has 0 aromatic carbocycles. The van der Waals surface area contributed by atoms with Crippen LogP contribution >= 0.6 is 0 Å². The van der Waals surface area contributed by atoms with Gasteiger partial charge < -0.3 is 20.7 Å². The van der Waals surface area contributed by atoms with Crippen molar-refractivity contribution in [3.05, 3.63) is 22.5 Å². The minimum absolute atomic E-state index is 0.183. The number of fused-ring (bicyclic) bond motifs is 5. The molecule has 2 bridgehead atoms. The molecule has 2 saturated heterocycles.